The fourth-order valence-corrected chi connectivity index (χ4v) is 6.32. The van der Waals surface area contributed by atoms with Crippen molar-refractivity contribution >= 4 is 21.5 Å². The van der Waals surface area contributed by atoms with Crippen molar-refractivity contribution in [3.05, 3.63) is 152 Å². The highest BCUT2D eigenvalue weighted by atomic mass is 16.5. The predicted molar refractivity (Wildman–Crippen MR) is 182 cm³/mol. The fraction of sp³-hybridized carbons (Fsp3) is 0. The summed E-state index contributed by atoms with van der Waals surface area (Å²) in [5.74, 6) is 3.76. The van der Waals surface area contributed by atoms with E-state index >= 15 is 0 Å². The molecule has 45 heavy (non-hydrogen) atoms. The highest BCUT2D eigenvalue weighted by Crippen LogP contribution is 2.48. The Hall–Kier alpha value is -6.13. The summed E-state index contributed by atoms with van der Waals surface area (Å²) in [5.41, 5.74) is 7.54. The van der Waals surface area contributed by atoms with Crippen molar-refractivity contribution < 1.29 is 4.74 Å². The van der Waals surface area contributed by atoms with Crippen LogP contribution < -0.4 is 4.74 Å². The molecule has 7 aromatic carbocycles. The summed E-state index contributed by atoms with van der Waals surface area (Å²) in [6.07, 6.45) is 0. The van der Waals surface area contributed by atoms with Gasteiger partial charge in [0.05, 0.1) is 0 Å². The number of rotatable bonds is 4. The van der Waals surface area contributed by atoms with Gasteiger partial charge in [0, 0.05) is 27.6 Å². The van der Waals surface area contributed by atoms with Gasteiger partial charge in [-0.25, -0.2) is 15.0 Å². The molecule has 0 saturated carbocycles. The molecule has 0 aliphatic carbocycles. The van der Waals surface area contributed by atoms with E-state index in [1.165, 1.54) is 16.5 Å². The van der Waals surface area contributed by atoms with Crippen LogP contribution in [0, 0.1) is 0 Å². The Morgan fingerprint density at radius 2 is 0.933 bits per heavy atom. The highest BCUT2D eigenvalue weighted by molar-refractivity contribution is 6.10. The number of hydrogen-bond acceptors (Lipinski definition) is 4. The Balaban J connectivity index is 1.14. The first-order chi connectivity index (χ1) is 22.3. The van der Waals surface area contributed by atoms with Crippen molar-refractivity contribution in [3.63, 3.8) is 0 Å². The van der Waals surface area contributed by atoms with Crippen LogP contribution in [0.15, 0.2) is 152 Å². The Bertz CT molecular complexity index is 2340. The third kappa shape index (κ3) is 4.35. The number of nitrogens with zero attached hydrogens (tertiary/aromatic N) is 3. The Morgan fingerprint density at radius 1 is 0.356 bits per heavy atom. The van der Waals surface area contributed by atoms with E-state index in [9.17, 15) is 0 Å². The summed E-state index contributed by atoms with van der Waals surface area (Å²) in [6, 6.07) is 52.3. The molecule has 1 aliphatic rings. The smallest absolute Gasteiger partial charge is 0.164 e. The van der Waals surface area contributed by atoms with Crippen LogP contribution in [0.1, 0.15) is 0 Å². The molecule has 0 amide bonds. The van der Waals surface area contributed by atoms with Crippen LogP contribution in [0.3, 0.4) is 0 Å². The third-order valence-corrected chi connectivity index (χ3v) is 8.51. The topological polar surface area (TPSA) is 47.9 Å². The first-order valence-corrected chi connectivity index (χ1v) is 15.0. The predicted octanol–water partition coefficient (Wildman–Crippen LogP) is 10.6. The van der Waals surface area contributed by atoms with E-state index in [0.29, 0.717) is 17.5 Å². The summed E-state index contributed by atoms with van der Waals surface area (Å²) >= 11 is 0. The van der Waals surface area contributed by atoms with Crippen LogP contribution >= 0.6 is 0 Å². The number of hydrogen-bond donors (Lipinski definition) is 0. The van der Waals surface area contributed by atoms with Gasteiger partial charge in [-0.15, -0.1) is 0 Å². The lowest BCUT2D eigenvalue weighted by Gasteiger charge is -2.22. The summed E-state index contributed by atoms with van der Waals surface area (Å²) in [7, 11) is 0. The average molecular weight is 576 g/mol. The standard InChI is InChI=1S/C41H25N3O/c1-3-10-26(11-4-1)39-42-40(27-12-5-2-6-13-27)44-41(43-39)31-21-19-28-24-30(20-18-29(28)25-31)32-22-23-37-38-34(32)15-9-16-35(38)33-14-7-8-17-36(33)45-37/h1-25H. The van der Waals surface area contributed by atoms with Gasteiger partial charge in [0.1, 0.15) is 11.5 Å². The number of ether oxygens (including phenoxy) is 1. The van der Waals surface area contributed by atoms with Crippen LogP contribution in [-0.4, -0.2) is 15.0 Å². The maximum atomic E-state index is 6.32. The fourth-order valence-electron chi connectivity index (χ4n) is 6.32. The zero-order valence-corrected chi connectivity index (χ0v) is 24.2. The zero-order valence-electron chi connectivity index (χ0n) is 24.2. The van der Waals surface area contributed by atoms with Gasteiger partial charge in [0.25, 0.3) is 0 Å². The van der Waals surface area contributed by atoms with Crippen molar-refractivity contribution in [3.8, 4) is 67.9 Å². The minimum Gasteiger partial charge on any atom is -0.456 e. The molecular weight excluding hydrogens is 550 g/mol. The van der Waals surface area contributed by atoms with Crippen molar-refractivity contribution in [1.29, 1.82) is 0 Å². The molecule has 0 spiro atoms. The van der Waals surface area contributed by atoms with Gasteiger partial charge in [-0.1, -0.05) is 127 Å². The zero-order chi connectivity index (χ0) is 29.7. The maximum Gasteiger partial charge on any atom is 0.164 e. The van der Waals surface area contributed by atoms with E-state index in [1.807, 2.05) is 72.8 Å². The van der Waals surface area contributed by atoms with Gasteiger partial charge in [-0.05, 0) is 57.1 Å². The van der Waals surface area contributed by atoms with Crippen molar-refractivity contribution in [1.82, 2.24) is 15.0 Å². The van der Waals surface area contributed by atoms with E-state index in [0.717, 1.165) is 55.5 Å². The molecule has 0 N–H and O–H groups in total. The second kappa shape index (κ2) is 10.2. The molecule has 0 saturated heterocycles. The maximum absolute atomic E-state index is 6.32. The van der Waals surface area contributed by atoms with Gasteiger partial charge in [-0.3, -0.25) is 0 Å². The Kier molecular flexibility index (Phi) is 5.78. The summed E-state index contributed by atoms with van der Waals surface area (Å²) in [4.78, 5) is 14.7. The third-order valence-electron chi connectivity index (χ3n) is 8.51. The molecule has 9 rings (SSSR count). The largest absolute Gasteiger partial charge is 0.456 e. The van der Waals surface area contributed by atoms with Gasteiger partial charge < -0.3 is 4.74 Å². The molecule has 0 bridgehead atoms. The van der Waals surface area contributed by atoms with E-state index in [-0.39, 0.29) is 0 Å². The normalized spacial score (nSPS) is 11.7. The van der Waals surface area contributed by atoms with E-state index in [4.69, 9.17) is 19.7 Å². The minimum atomic E-state index is 0.650. The molecule has 0 atom stereocenters. The van der Waals surface area contributed by atoms with Crippen LogP contribution in [0.5, 0.6) is 11.5 Å². The molecule has 0 unspecified atom stereocenters. The molecule has 0 radical (unpaired) electrons. The number of para-hydroxylation sites is 1. The van der Waals surface area contributed by atoms with Crippen LogP contribution in [-0.2, 0) is 0 Å². The van der Waals surface area contributed by atoms with E-state index in [2.05, 4.69) is 78.9 Å². The SMILES string of the molecule is c1ccc(-c2nc(-c3ccccc3)nc(-c3ccc4cc(-c5ccc6c7c(cccc57)-c5ccccc5O6)ccc4c3)n2)cc1. The quantitative estimate of drug-likeness (QED) is 0.209. The molecule has 2 heterocycles. The van der Waals surface area contributed by atoms with Crippen molar-refractivity contribution in [2.24, 2.45) is 0 Å². The number of benzene rings is 7. The van der Waals surface area contributed by atoms with Crippen molar-refractivity contribution in [2.45, 2.75) is 0 Å². The van der Waals surface area contributed by atoms with E-state index in [1.54, 1.807) is 0 Å². The lowest BCUT2D eigenvalue weighted by molar-refractivity contribution is 0.487. The molecule has 4 heteroatoms. The lowest BCUT2D eigenvalue weighted by atomic mass is 9.90. The molecule has 210 valence electrons. The number of fused-ring (bicyclic) bond motifs is 3. The molecule has 0 fully saturated rings. The Labute approximate surface area is 260 Å². The van der Waals surface area contributed by atoms with Crippen LogP contribution in [0.2, 0.25) is 0 Å². The Morgan fingerprint density at radius 3 is 1.64 bits per heavy atom. The molecule has 4 nitrogen and oxygen atoms in total. The molecule has 1 aliphatic heterocycles. The molecular formula is C41H25N3O. The first-order valence-electron chi connectivity index (χ1n) is 15.0. The van der Waals surface area contributed by atoms with E-state index < -0.39 is 0 Å². The van der Waals surface area contributed by atoms with Gasteiger partial charge in [0.15, 0.2) is 17.5 Å². The van der Waals surface area contributed by atoms with Gasteiger partial charge in [0.2, 0.25) is 0 Å². The van der Waals surface area contributed by atoms with Crippen molar-refractivity contribution in [2.75, 3.05) is 0 Å². The minimum absolute atomic E-state index is 0.650. The van der Waals surface area contributed by atoms with Crippen LogP contribution in [0.25, 0.3) is 78.0 Å². The van der Waals surface area contributed by atoms with Gasteiger partial charge >= 0.3 is 0 Å². The molecule has 1 aromatic heterocycles. The second-order valence-electron chi connectivity index (χ2n) is 11.3. The van der Waals surface area contributed by atoms with Gasteiger partial charge in [-0.2, -0.15) is 0 Å². The molecule has 8 aromatic rings. The van der Waals surface area contributed by atoms with Crippen LogP contribution in [0.4, 0.5) is 0 Å². The first kappa shape index (κ1) is 25.4. The second-order valence-corrected chi connectivity index (χ2v) is 11.3. The summed E-state index contributed by atoms with van der Waals surface area (Å²) in [5, 5.41) is 4.61. The highest BCUT2D eigenvalue weighted by Gasteiger charge is 2.21. The summed E-state index contributed by atoms with van der Waals surface area (Å²) in [6.45, 7) is 0. The lowest BCUT2D eigenvalue weighted by Crippen LogP contribution is -2.00. The monoisotopic (exact) mass is 575 g/mol. The number of aromatic nitrogens is 3. The average Bonchev–Trinajstić information content (AvgIpc) is 3.12. The summed E-state index contributed by atoms with van der Waals surface area (Å²) < 4.78 is 6.32.